The van der Waals surface area contributed by atoms with Crippen LogP contribution in [0.2, 0.25) is 5.02 Å². The summed E-state index contributed by atoms with van der Waals surface area (Å²) in [4.78, 5) is 4.39. The van der Waals surface area contributed by atoms with Crippen molar-refractivity contribution in [2.45, 2.75) is 25.6 Å². The highest BCUT2D eigenvalue weighted by Gasteiger charge is 2.02. The van der Waals surface area contributed by atoms with Crippen LogP contribution in [0.4, 0.5) is 4.39 Å². The normalized spacial score (nSPS) is 12.8. The second-order valence-corrected chi connectivity index (χ2v) is 4.21. The minimum atomic E-state index is -1.08. The molecule has 0 aromatic heterocycles. The Bertz CT molecular complexity index is 357. The number of oxime groups is 1. The molecule has 1 atom stereocenters. The van der Waals surface area contributed by atoms with Crippen molar-refractivity contribution in [2.75, 3.05) is 13.7 Å². The maximum Gasteiger partial charge on any atom is 0.138 e. The summed E-state index contributed by atoms with van der Waals surface area (Å²) in [7, 11) is 1.39. The molecule has 0 spiro atoms. The lowest BCUT2D eigenvalue weighted by Gasteiger charge is -2.05. The van der Waals surface area contributed by atoms with Crippen molar-refractivity contribution in [3.63, 3.8) is 0 Å². The third-order valence-electron chi connectivity index (χ3n) is 2.28. The summed E-state index contributed by atoms with van der Waals surface area (Å²) in [6.45, 7) is 1.03. The molecular weight excluding hydrogens is 257 g/mol. The van der Waals surface area contributed by atoms with Crippen molar-refractivity contribution in [3.05, 3.63) is 34.9 Å². The smallest absolute Gasteiger partial charge is 0.138 e. The van der Waals surface area contributed by atoms with Gasteiger partial charge < -0.3 is 9.57 Å². The average molecular weight is 274 g/mol. The van der Waals surface area contributed by atoms with Gasteiger partial charge in [0.1, 0.15) is 13.3 Å². The summed E-state index contributed by atoms with van der Waals surface area (Å²) in [6.07, 6.45) is 1.10. The number of rotatable bonds is 8. The summed E-state index contributed by atoms with van der Waals surface area (Å²) in [5, 5.41) is 4.08. The minimum absolute atomic E-state index is 0.382. The van der Waals surface area contributed by atoms with Gasteiger partial charge in [-0.25, -0.2) is 4.39 Å². The molecule has 0 saturated carbocycles. The van der Waals surface area contributed by atoms with Gasteiger partial charge in [0.25, 0.3) is 0 Å². The van der Waals surface area contributed by atoms with Gasteiger partial charge in [0, 0.05) is 11.6 Å². The van der Waals surface area contributed by atoms with E-state index in [-0.39, 0.29) is 0 Å². The van der Waals surface area contributed by atoms with Crippen molar-refractivity contribution in [1.82, 2.24) is 0 Å². The van der Waals surface area contributed by atoms with Crippen LogP contribution in [0.1, 0.15) is 18.4 Å². The van der Waals surface area contributed by atoms with Crippen LogP contribution < -0.4 is 0 Å². The molecule has 0 N–H and O–H groups in total. The molecule has 1 aromatic rings. The zero-order valence-corrected chi connectivity index (χ0v) is 11.1. The summed E-state index contributed by atoms with van der Waals surface area (Å²) in [6, 6.07) is 7.45. The van der Waals surface area contributed by atoms with E-state index in [4.69, 9.17) is 16.3 Å². The number of alkyl halides is 1. The molecular formula is C13H17ClFNO2. The molecule has 0 amide bonds. The quantitative estimate of drug-likeness (QED) is 0.412. The Hall–Kier alpha value is -1.13. The Morgan fingerprint density at radius 3 is 2.78 bits per heavy atom. The first-order valence-electron chi connectivity index (χ1n) is 5.75. The van der Waals surface area contributed by atoms with Crippen molar-refractivity contribution in [1.29, 1.82) is 0 Å². The fourth-order valence-electron chi connectivity index (χ4n) is 1.35. The molecule has 0 heterocycles. The lowest BCUT2D eigenvalue weighted by Crippen LogP contribution is -2.04. The highest BCUT2D eigenvalue weighted by atomic mass is 35.5. The van der Waals surface area contributed by atoms with E-state index in [1.807, 2.05) is 24.3 Å². The molecule has 0 fully saturated rings. The van der Waals surface area contributed by atoms with Crippen LogP contribution in [0.15, 0.2) is 29.4 Å². The van der Waals surface area contributed by atoms with E-state index in [2.05, 4.69) is 9.99 Å². The number of ether oxygens (including phenoxy) is 1. The Morgan fingerprint density at radius 2 is 2.11 bits per heavy atom. The fourth-order valence-corrected chi connectivity index (χ4v) is 1.48. The Balaban J connectivity index is 2.08. The van der Waals surface area contributed by atoms with Gasteiger partial charge in [-0.1, -0.05) is 28.9 Å². The predicted octanol–water partition coefficient (Wildman–Crippen LogP) is 3.61. The third-order valence-corrected chi connectivity index (χ3v) is 2.53. The van der Waals surface area contributed by atoms with Crippen molar-refractivity contribution >= 4 is 17.8 Å². The van der Waals surface area contributed by atoms with Gasteiger partial charge in [0.2, 0.25) is 0 Å². The number of hydrogen-bond acceptors (Lipinski definition) is 3. The number of nitrogens with zero attached hydrogens (tertiary/aromatic N) is 1. The van der Waals surface area contributed by atoms with E-state index in [0.29, 0.717) is 31.1 Å². The fraction of sp³-hybridized carbons (Fsp3) is 0.462. The van der Waals surface area contributed by atoms with Gasteiger partial charge in [-0.3, -0.25) is 0 Å². The van der Waals surface area contributed by atoms with E-state index >= 15 is 0 Å². The Kier molecular flexibility index (Phi) is 7.37. The van der Waals surface area contributed by atoms with E-state index in [9.17, 15) is 4.39 Å². The third kappa shape index (κ3) is 6.57. The van der Waals surface area contributed by atoms with Crippen LogP contribution >= 0.6 is 11.6 Å². The van der Waals surface area contributed by atoms with Gasteiger partial charge in [-0.2, -0.15) is 0 Å². The van der Waals surface area contributed by atoms with Crippen LogP contribution in [0.5, 0.6) is 0 Å². The standard InChI is InChI=1S/C13H17ClFNO2/c1-17-16-9-13(15)3-2-8-18-10-11-4-6-12(14)7-5-11/h4-7,9,13H,2-3,8,10H2,1H3. The maximum atomic E-state index is 13.1. The molecule has 0 aliphatic rings. The van der Waals surface area contributed by atoms with E-state index in [1.54, 1.807) is 0 Å². The molecule has 0 aliphatic heterocycles. The zero-order chi connectivity index (χ0) is 13.2. The lowest BCUT2D eigenvalue weighted by atomic mass is 10.2. The second-order valence-electron chi connectivity index (χ2n) is 3.77. The zero-order valence-electron chi connectivity index (χ0n) is 10.3. The van der Waals surface area contributed by atoms with Crippen LogP contribution in [0.3, 0.4) is 0 Å². The number of halogens is 2. The number of hydrogen-bond donors (Lipinski definition) is 0. The van der Waals surface area contributed by atoms with Gasteiger partial charge in [0.15, 0.2) is 0 Å². The summed E-state index contributed by atoms with van der Waals surface area (Å²) in [5.74, 6) is 0. The van der Waals surface area contributed by atoms with Crippen molar-refractivity contribution < 1.29 is 14.0 Å². The average Bonchev–Trinajstić information content (AvgIpc) is 2.38. The molecule has 0 radical (unpaired) electrons. The Labute approximate surface area is 112 Å². The van der Waals surface area contributed by atoms with E-state index in [0.717, 1.165) is 11.8 Å². The van der Waals surface area contributed by atoms with Gasteiger partial charge >= 0.3 is 0 Å². The highest BCUT2D eigenvalue weighted by Crippen LogP contribution is 2.10. The summed E-state index contributed by atoms with van der Waals surface area (Å²) in [5.41, 5.74) is 1.05. The molecule has 18 heavy (non-hydrogen) atoms. The van der Waals surface area contributed by atoms with Crippen LogP contribution in [0, 0.1) is 0 Å². The van der Waals surface area contributed by atoms with Crippen LogP contribution in [0.25, 0.3) is 0 Å². The largest absolute Gasteiger partial charge is 0.399 e. The van der Waals surface area contributed by atoms with Gasteiger partial charge in [-0.15, -0.1) is 0 Å². The summed E-state index contributed by atoms with van der Waals surface area (Å²) >= 11 is 5.77. The Morgan fingerprint density at radius 1 is 1.39 bits per heavy atom. The van der Waals surface area contributed by atoms with Gasteiger partial charge in [-0.05, 0) is 30.5 Å². The first-order valence-corrected chi connectivity index (χ1v) is 6.13. The molecule has 0 bridgehead atoms. The minimum Gasteiger partial charge on any atom is -0.399 e. The summed E-state index contributed by atoms with van der Waals surface area (Å²) < 4.78 is 18.5. The second kappa shape index (κ2) is 8.89. The first kappa shape index (κ1) is 14.9. The first-order chi connectivity index (χ1) is 8.72. The molecule has 100 valence electrons. The predicted molar refractivity (Wildman–Crippen MR) is 70.7 cm³/mol. The van der Waals surface area contributed by atoms with Crippen LogP contribution in [-0.2, 0) is 16.2 Å². The van der Waals surface area contributed by atoms with E-state index in [1.165, 1.54) is 7.11 Å². The topological polar surface area (TPSA) is 30.8 Å². The molecule has 0 aliphatic carbocycles. The molecule has 1 unspecified atom stereocenters. The SMILES string of the molecule is CON=CC(F)CCCOCc1ccc(Cl)cc1. The molecule has 5 heteroatoms. The number of benzene rings is 1. The van der Waals surface area contributed by atoms with E-state index < -0.39 is 6.17 Å². The lowest BCUT2D eigenvalue weighted by molar-refractivity contribution is 0.114. The van der Waals surface area contributed by atoms with Crippen LogP contribution in [-0.4, -0.2) is 26.1 Å². The van der Waals surface area contributed by atoms with Crippen molar-refractivity contribution in [2.24, 2.45) is 5.16 Å². The maximum absolute atomic E-state index is 13.1. The van der Waals surface area contributed by atoms with Gasteiger partial charge in [0.05, 0.1) is 12.8 Å². The monoisotopic (exact) mass is 273 g/mol. The molecule has 0 saturated heterocycles. The molecule has 1 rings (SSSR count). The van der Waals surface area contributed by atoms with Crippen molar-refractivity contribution in [3.8, 4) is 0 Å². The highest BCUT2D eigenvalue weighted by molar-refractivity contribution is 6.30. The molecule has 3 nitrogen and oxygen atoms in total. The molecule has 1 aromatic carbocycles.